The van der Waals surface area contributed by atoms with Gasteiger partial charge in [-0.25, -0.2) is 0 Å². The van der Waals surface area contributed by atoms with E-state index >= 15 is 0 Å². The van der Waals surface area contributed by atoms with Gasteiger partial charge < -0.3 is 14.8 Å². The van der Waals surface area contributed by atoms with Crippen molar-refractivity contribution in [3.05, 3.63) is 58.1 Å². The van der Waals surface area contributed by atoms with Crippen LogP contribution in [0.2, 0.25) is 0 Å². The number of alkyl halides is 2. The number of nitrogens with one attached hydrogen (secondary N) is 1. The van der Waals surface area contributed by atoms with Gasteiger partial charge in [0.05, 0.1) is 12.0 Å². The summed E-state index contributed by atoms with van der Waals surface area (Å²) in [5.74, 6) is 0.232. The molecule has 0 aliphatic heterocycles. The lowest BCUT2D eigenvalue weighted by atomic mass is 10.1. The van der Waals surface area contributed by atoms with Crippen LogP contribution in [0.5, 0.6) is 11.5 Å². The zero-order chi connectivity index (χ0) is 17.7. The highest BCUT2D eigenvalue weighted by molar-refractivity contribution is 5.58. The largest absolute Gasteiger partial charge is 0.490 e. The zero-order valence-electron chi connectivity index (χ0n) is 13.0. The van der Waals surface area contributed by atoms with Gasteiger partial charge in [0, 0.05) is 23.9 Å². The summed E-state index contributed by atoms with van der Waals surface area (Å²) < 4.78 is 33.6. The van der Waals surface area contributed by atoms with Crippen molar-refractivity contribution >= 4 is 11.4 Å². The first-order chi connectivity index (χ1) is 11.4. The summed E-state index contributed by atoms with van der Waals surface area (Å²) in [5.41, 5.74) is 1.36. The Balaban J connectivity index is 2.11. The van der Waals surface area contributed by atoms with Crippen molar-refractivity contribution in [1.29, 1.82) is 0 Å². The Hall–Kier alpha value is -2.90. The maximum atomic E-state index is 12.1. The van der Waals surface area contributed by atoms with E-state index in [1.54, 1.807) is 18.2 Å². The smallest absolute Gasteiger partial charge is 0.387 e. The third-order valence-electron chi connectivity index (χ3n) is 3.36. The number of benzene rings is 2. The molecule has 24 heavy (non-hydrogen) atoms. The van der Waals surface area contributed by atoms with Gasteiger partial charge in [-0.1, -0.05) is 12.1 Å². The van der Waals surface area contributed by atoms with E-state index in [2.05, 4.69) is 10.1 Å². The molecule has 1 N–H and O–H groups in total. The molecular formula is C16H16F2N2O4. The third kappa shape index (κ3) is 4.31. The van der Waals surface area contributed by atoms with Gasteiger partial charge in [0.15, 0.2) is 5.75 Å². The van der Waals surface area contributed by atoms with Crippen LogP contribution in [0.15, 0.2) is 42.5 Å². The van der Waals surface area contributed by atoms with Gasteiger partial charge in [-0.3, -0.25) is 10.1 Å². The summed E-state index contributed by atoms with van der Waals surface area (Å²) >= 11 is 0. The second-order valence-electron chi connectivity index (χ2n) is 4.96. The van der Waals surface area contributed by atoms with Crippen molar-refractivity contribution in [1.82, 2.24) is 0 Å². The number of nitro benzene ring substituents is 1. The van der Waals surface area contributed by atoms with Gasteiger partial charge in [0.2, 0.25) is 0 Å². The van der Waals surface area contributed by atoms with Crippen LogP contribution in [0.1, 0.15) is 18.5 Å². The second kappa shape index (κ2) is 7.58. The minimum atomic E-state index is -2.86. The number of methoxy groups -OCH3 is 1. The monoisotopic (exact) mass is 338 g/mol. The molecular weight excluding hydrogens is 322 g/mol. The van der Waals surface area contributed by atoms with E-state index in [0.29, 0.717) is 5.69 Å². The molecule has 0 fully saturated rings. The summed E-state index contributed by atoms with van der Waals surface area (Å²) in [4.78, 5) is 10.4. The summed E-state index contributed by atoms with van der Waals surface area (Å²) in [7, 11) is 1.36. The number of anilines is 1. The number of hydrogen-bond donors (Lipinski definition) is 1. The van der Waals surface area contributed by atoms with Gasteiger partial charge in [-0.2, -0.15) is 8.78 Å². The molecule has 6 nitrogen and oxygen atoms in total. The van der Waals surface area contributed by atoms with Crippen molar-refractivity contribution in [2.75, 3.05) is 12.4 Å². The number of nitrogens with zero attached hydrogens (tertiary/aromatic N) is 1. The van der Waals surface area contributed by atoms with Crippen LogP contribution < -0.4 is 14.8 Å². The van der Waals surface area contributed by atoms with E-state index in [-0.39, 0.29) is 23.2 Å². The molecule has 0 bridgehead atoms. The zero-order valence-corrected chi connectivity index (χ0v) is 13.0. The lowest BCUT2D eigenvalue weighted by molar-refractivity contribution is -0.385. The Kier molecular flexibility index (Phi) is 5.51. The van der Waals surface area contributed by atoms with Gasteiger partial charge in [-0.05, 0) is 30.7 Å². The van der Waals surface area contributed by atoms with Crippen LogP contribution in [-0.4, -0.2) is 18.6 Å². The van der Waals surface area contributed by atoms with Crippen LogP contribution >= 0.6 is 0 Å². The Morgan fingerprint density at radius 1 is 1.17 bits per heavy atom. The number of halogens is 2. The van der Waals surface area contributed by atoms with Gasteiger partial charge >= 0.3 is 12.3 Å². The van der Waals surface area contributed by atoms with Crippen molar-refractivity contribution < 1.29 is 23.2 Å². The fraction of sp³-hybridized carbons (Fsp3) is 0.250. The average molecular weight is 338 g/mol. The fourth-order valence-electron chi connectivity index (χ4n) is 2.19. The highest BCUT2D eigenvalue weighted by atomic mass is 19.3. The lowest BCUT2D eigenvalue weighted by Gasteiger charge is -2.17. The maximum absolute atomic E-state index is 12.1. The summed E-state index contributed by atoms with van der Waals surface area (Å²) in [5, 5.41) is 14.1. The van der Waals surface area contributed by atoms with Gasteiger partial charge in [0.25, 0.3) is 0 Å². The van der Waals surface area contributed by atoms with Crippen LogP contribution in [0.4, 0.5) is 20.2 Å². The third-order valence-corrected chi connectivity index (χ3v) is 3.36. The Morgan fingerprint density at radius 3 is 2.38 bits per heavy atom. The Morgan fingerprint density at radius 2 is 1.83 bits per heavy atom. The van der Waals surface area contributed by atoms with Crippen LogP contribution in [0.3, 0.4) is 0 Å². The molecule has 2 aromatic carbocycles. The Labute approximate surface area is 137 Å². The van der Waals surface area contributed by atoms with E-state index in [1.165, 1.54) is 31.4 Å². The molecule has 0 saturated carbocycles. The number of ether oxygens (including phenoxy) is 2. The molecule has 0 saturated heterocycles. The lowest BCUT2D eigenvalue weighted by Crippen LogP contribution is -2.07. The first-order valence-corrected chi connectivity index (χ1v) is 7.04. The standard InChI is InChI=1S/C16H16F2N2O4/c1-10(11-3-6-13(7-4-11)24-16(17)18)19-12-5-8-14(20(21)22)15(9-12)23-2/h3-10,16,19H,1-2H3. The molecule has 0 amide bonds. The average Bonchev–Trinajstić information content (AvgIpc) is 2.54. The number of nitro groups is 1. The number of hydrogen-bond acceptors (Lipinski definition) is 5. The molecule has 1 atom stereocenters. The van der Waals surface area contributed by atoms with Crippen molar-refractivity contribution in [3.63, 3.8) is 0 Å². The molecule has 0 aliphatic carbocycles. The SMILES string of the molecule is COc1cc(NC(C)c2ccc(OC(F)F)cc2)ccc1[N+](=O)[O-]. The first-order valence-electron chi connectivity index (χ1n) is 7.04. The highest BCUT2D eigenvalue weighted by Gasteiger charge is 2.15. The Bertz CT molecular complexity index is 708. The predicted octanol–water partition coefficient (Wildman–Crippen LogP) is 4.38. The van der Waals surface area contributed by atoms with Crippen molar-refractivity contribution in [2.24, 2.45) is 0 Å². The van der Waals surface area contributed by atoms with E-state index in [1.807, 2.05) is 6.92 Å². The van der Waals surface area contributed by atoms with Crippen LogP contribution in [0.25, 0.3) is 0 Å². The summed E-state index contributed by atoms with van der Waals surface area (Å²) in [6.45, 7) is -0.990. The second-order valence-corrected chi connectivity index (χ2v) is 4.96. The predicted molar refractivity (Wildman–Crippen MR) is 84.8 cm³/mol. The van der Waals surface area contributed by atoms with Gasteiger partial charge in [0.1, 0.15) is 5.75 Å². The normalized spacial score (nSPS) is 11.9. The topological polar surface area (TPSA) is 73.6 Å². The summed E-state index contributed by atoms with van der Waals surface area (Å²) in [6.07, 6.45) is 0. The van der Waals surface area contributed by atoms with Crippen LogP contribution in [0, 0.1) is 10.1 Å². The van der Waals surface area contributed by atoms with Crippen LogP contribution in [-0.2, 0) is 0 Å². The minimum Gasteiger partial charge on any atom is -0.490 e. The number of rotatable bonds is 7. The summed E-state index contributed by atoms with van der Waals surface area (Å²) in [6, 6.07) is 10.5. The molecule has 0 aromatic heterocycles. The van der Waals surface area contributed by atoms with Crippen molar-refractivity contribution in [2.45, 2.75) is 19.6 Å². The van der Waals surface area contributed by atoms with Gasteiger partial charge in [-0.15, -0.1) is 0 Å². The van der Waals surface area contributed by atoms with E-state index in [0.717, 1.165) is 5.56 Å². The van der Waals surface area contributed by atoms with E-state index in [9.17, 15) is 18.9 Å². The maximum Gasteiger partial charge on any atom is 0.387 e. The molecule has 8 heteroatoms. The molecule has 2 aromatic rings. The highest BCUT2D eigenvalue weighted by Crippen LogP contribution is 2.31. The fourth-order valence-corrected chi connectivity index (χ4v) is 2.19. The van der Waals surface area contributed by atoms with E-state index in [4.69, 9.17) is 4.74 Å². The molecule has 1 unspecified atom stereocenters. The molecule has 0 spiro atoms. The molecule has 0 aliphatic rings. The molecule has 0 heterocycles. The first kappa shape index (κ1) is 17.5. The minimum absolute atomic E-state index is 0.0814. The van der Waals surface area contributed by atoms with Crippen molar-refractivity contribution in [3.8, 4) is 11.5 Å². The molecule has 2 rings (SSSR count). The van der Waals surface area contributed by atoms with E-state index < -0.39 is 11.5 Å². The molecule has 128 valence electrons. The quantitative estimate of drug-likeness (QED) is 0.599. The molecule has 0 radical (unpaired) electrons.